The highest BCUT2D eigenvalue weighted by atomic mass is 15.1. The van der Waals surface area contributed by atoms with E-state index >= 15 is 0 Å². The molecule has 1 radical (unpaired) electrons. The molecule has 0 atom stereocenters. The Morgan fingerprint density at radius 2 is 2.15 bits per heavy atom. The molecule has 0 bridgehead atoms. The maximum Gasteiger partial charge on any atom is 0.0444 e. The number of benzene rings is 1. The van der Waals surface area contributed by atoms with E-state index in [1.165, 1.54) is 12.1 Å². The van der Waals surface area contributed by atoms with Crippen molar-refractivity contribution in [2.45, 2.75) is 20.3 Å². The molecule has 0 aliphatic heterocycles. The van der Waals surface area contributed by atoms with Crippen LogP contribution in [0.15, 0.2) is 24.3 Å². The van der Waals surface area contributed by atoms with Crippen LogP contribution in [0.2, 0.25) is 0 Å². The molecule has 1 heteroatoms. The molecule has 71 valence electrons. The number of para-hydroxylation sites is 1. The van der Waals surface area contributed by atoms with Gasteiger partial charge in [-0.1, -0.05) is 32.0 Å². The van der Waals surface area contributed by atoms with Crippen LogP contribution in [0.3, 0.4) is 0 Å². The average Bonchev–Trinajstić information content (AvgIpc) is 2.15. The van der Waals surface area contributed by atoms with Gasteiger partial charge in [0.1, 0.15) is 0 Å². The normalized spacial score (nSPS) is 10.5. The summed E-state index contributed by atoms with van der Waals surface area (Å²) in [5, 5.41) is 0. The average molecular weight is 176 g/mol. The van der Waals surface area contributed by atoms with Crippen LogP contribution in [0, 0.1) is 12.0 Å². The van der Waals surface area contributed by atoms with Crippen molar-refractivity contribution in [3.05, 3.63) is 30.3 Å². The first kappa shape index (κ1) is 10.1. The molecule has 0 spiro atoms. The van der Waals surface area contributed by atoms with E-state index in [4.69, 9.17) is 0 Å². The van der Waals surface area contributed by atoms with Gasteiger partial charge in [0, 0.05) is 25.3 Å². The van der Waals surface area contributed by atoms with Crippen molar-refractivity contribution in [1.29, 1.82) is 0 Å². The van der Waals surface area contributed by atoms with Crippen molar-refractivity contribution in [2.24, 2.45) is 5.92 Å². The summed E-state index contributed by atoms with van der Waals surface area (Å²) in [6, 6.07) is 11.3. The van der Waals surface area contributed by atoms with Gasteiger partial charge in [0.15, 0.2) is 0 Å². The third-order valence-electron chi connectivity index (χ3n) is 2.15. The van der Waals surface area contributed by atoms with Gasteiger partial charge >= 0.3 is 0 Å². The monoisotopic (exact) mass is 176 g/mol. The molecule has 0 unspecified atom stereocenters. The lowest BCUT2D eigenvalue weighted by molar-refractivity contribution is 0.585. The van der Waals surface area contributed by atoms with Gasteiger partial charge in [-0.3, -0.25) is 0 Å². The van der Waals surface area contributed by atoms with Crippen LogP contribution < -0.4 is 4.90 Å². The summed E-state index contributed by atoms with van der Waals surface area (Å²) >= 11 is 0. The first-order chi connectivity index (χ1) is 6.20. The van der Waals surface area contributed by atoms with Crippen LogP contribution in [0.4, 0.5) is 5.69 Å². The minimum atomic E-state index is 0.770. The molecule has 0 saturated carbocycles. The number of hydrogen-bond donors (Lipinski definition) is 0. The van der Waals surface area contributed by atoms with Gasteiger partial charge < -0.3 is 4.90 Å². The van der Waals surface area contributed by atoms with Crippen LogP contribution in [-0.2, 0) is 0 Å². The quantitative estimate of drug-likeness (QED) is 0.681. The fourth-order valence-electron chi connectivity index (χ4n) is 1.19. The summed E-state index contributed by atoms with van der Waals surface area (Å²) in [6.07, 6.45) is 1.24. The van der Waals surface area contributed by atoms with E-state index in [0.717, 1.165) is 12.5 Å². The van der Waals surface area contributed by atoms with Crippen LogP contribution >= 0.6 is 0 Å². The third kappa shape index (κ3) is 3.49. The topological polar surface area (TPSA) is 3.24 Å². The molecule has 1 aromatic rings. The van der Waals surface area contributed by atoms with Gasteiger partial charge in [-0.25, -0.2) is 0 Å². The molecular formula is C12H18N. The lowest BCUT2D eigenvalue weighted by Gasteiger charge is -2.19. The van der Waals surface area contributed by atoms with E-state index in [1.54, 1.807) is 0 Å². The molecule has 0 fully saturated rings. The standard InChI is InChI=1S/C12H18N/c1-11(2)9-10-13(3)12-7-5-4-6-8-12/h4-7,11H,9-10H2,1-3H3. The zero-order chi connectivity index (χ0) is 9.68. The predicted molar refractivity (Wildman–Crippen MR) is 58.0 cm³/mol. The van der Waals surface area contributed by atoms with E-state index in [9.17, 15) is 0 Å². The second-order valence-corrected chi connectivity index (χ2v) is 3.85. The minimum absolute atomic E-state index is 0.770. The van der Waals surface area contributed by atoms with Crippen LogP contribution in [0.1, 0.15) is 20.3 Å². The van der Waals surface area contributed by atoms with Crippen LogP contribution in [0.5, 0.6) is 0 Å². The molecule has 0 aliphatic rings. The molecule has 1 rings (SSSR count). The Balaban J connectivity index is 2.44. The van der Waals surface area contributed by atoms with Crippen LogP contribution in [0.25, 0.3) is 0 Å². The highest BCUT2D eigenvalue weighted by molar-refractivity contribution is 5.43. The first-order valence-electron chi connectivity index (χ1n) is 4.88. The van der Waals surface area contributed by atoms with Gasteiger partial charge in [-0.05, 0) is 18.4 Å². The Kier molecular flexibility index (Phi) is 3.81. The second-order valence-electron chi connectivity index (χ2n) is 3.85. The zero-order valence-electron chi connectivity index (χ0n) is 8.75. The highest BCUT2D eigenvalue weighted by Crippen LogP contribution is 2.11. The van der Waals surface area contributed by atoms with E-state index in [0.29, 0.717) is 0 Å². The maximum atomic E-state index is 3.22. The summed E-state index contributed by atoms with van der Waals surface area (Å²) in [5.41, 5.74) is 1.18. The fourth-order valence-corrected chi connectivity index (χ4v) is 1.19. The summed E-state index contributed by atoms with van der Waals surface area (Å²) < 4.78 is 0. The third-order valence-corrected chi connectivity index (χ3v) is 2.15. The Morgan fingerprint density at radius 3 is 2.69 bits per heavy atom. The van der Waals surface area contributed by atoms with Gasteiger partial charge in [-0.15, -0.1) is 0 Å². The van der Waals surface area contributed by atoms with Crippen LogP contribution in [-0.4, -0.2) is 13.6 Å². The van der Waals surface area contributed by atoms with Crippen molar-refractivity contribution < 1.29 is 0 Å². The molecule has 0 saturated heterocycles. The Morgan fingerprint density at radius 1 is 1.38 bits per heavy atom. The number of hydrogen-bond acceptors (Lipinski definition) is 1. The zero-order valence-corrected chi connectivity index (χ0v) is 8.75. The fraction of sp³-hybridized carbons (Fsp3) is 0.500. The molecular weight excluding hydrogens is 158 g/mol. The predicted octanol–water partition coefficient (Wildman–Crippen LogP) is 2.97. The second kappa shape index (κ2) is 4.90. The molecule has 13 heavy (non-hydrogen) atoms. The van der Waals surface area contributed by atoms with Gasteiger partial charge in [-0.2, -0.15) is 0 Å². The highest BCUT2D eigenvalue weighted by Gasteiger charge is 2.00. The molecule has 1 aromatic carbocycles. The smallest absolute Gasteiger partial charge is 0.0444 e. The summed E-state index contributed by atoms with van der Waals surface area (Å²) in [6.45, 7) is 5.61. The van der Waals surface area contributed by atoms with Crippen molar-refractivity contribution >= 4 is 5.69 Å². The van der Waals surface area contributed by atoms with E-state index in [-0.39, 0.29) is 0 Å². The summed E-state index contributed by atoms with van der Waals surface area (Å²) in [7, 11) is 2.12. The molecule has 0 amide bonds. The number of rotatable bonds is 4. The SMILES string of the molecule is CC(C)CCN(C)c1[c]cccc1. The van der Waals surface area contributed by atoms with Crippen molar-refractivity contribution in [1.82, 2.24) is 0 Å². The molecule has 1 nitrogen and oxygen atoms in total. The maximum absolute atomic E-state index is 3.22. The summed E-state index contributed by atoms with van der Waals surface area (Å²) in [4.78, 5) is 2.25. The lowest BCUT2D eigenvalue weighted by atomic mass is 10.1. The molecule has 0 N–H and O–H groups in total. The Bertz CT molecular complexity index is 228. The van der Waals surface area contributed by atoms with Crippen molar-refractivity contribution in [3.8, 4) is 0 Å². The van der Waals surface area contributed by atoms with Crippen molar-refractivity contribution in [2.75, 3.05) is 18.5 Å². The van der Waals surface area contributed by atoms with Gasteiger partial charge in [0.05, 0.1) is 0 Å². The molecule has 0 heterocycles. The largest absolute Gasteiger partial charge is 0.374 e. The van der Waals surface area contributed by atoms with E-state index in [1.807, 2.05) is 12.1 Å². The number of nitrogens with zero attached hydrogens (tertiary/aromatic N) is 1. The minimum Gasteiger partial charge on any atom is -0.374 e. The summed E-state index contributed by atoms with van der Waals surface area (Å²) in [5.74, 6) is 0.770. The first-order valence-corrected chi connectivity index (χ1v) is 4.88. The van der Waals surface area contributed by atoms with E-state index in [2.05, 4.69) is 44.0 Å². The Labute approximate surface area is 81.4 Å². The van der Waals surface area contributed by atoms with Crippen molar-refractivity contribution in [3.63, 3.8) is 0 Å². The van der Waals surface area contributed by atoms with E-state index < -0.39 is 0 Å². The lowest BCUT2D eigenvalue weighted by Crippen LogP contribution is -2.19. The van der Waals surface area contributed by atoms with Gasteiger partial charge in [0.25, 0.3) is 0 Å². The molecule has 0 aromatic heterocycles. The molecule has 0 aliphatic carbocycles. The Hall–Kier alpha value is -0.980. The number of anilines is 1. The van der Waals surface area contributed by atoms with Gasteiger partial charge in [0.2, 0.25) is 0 Å².